The first-order chi connectivity index (χ1) is 18.8. The van der Waals surface area contributed by atoms with Gasteiger partial charge in [-0.05, 0) is 74.2 Å². The van der Waals surface area contributed by atoms with Gasteiger partial charge in [0.15, 0.2) is 0 Å². The van der Waals surface area contributed by atoms with Gasteiger partial charge in [-0.15, -0.1) is 0 Å². The Hall–Kier alpha value is -3.13. The van der Waals surface area contributed by atoms with Gasteiger partial charge in [0.1, 0.15) is 5.82 Å². The van der Waals surface area contributed by atoms with Crippen LogP contribution < -0.4 is 10.2 Å². The highest BCUT2D eigenvalue weighted by Crippen LogP contribution is 2.34. The molecule has 6 nitrogen and oxygen atoms in total. The molecule has 2 aliphatic rings. The van der Waals surface area contributed by atoms with Crippen molar-refractivity contribution < 1.29 is 5.11 Å². The van der Waals surface area contributed by atoms with Crippen LogP contribution in [0.4, 0.5) is 11.8 Å². The van der Waals surface area contributed by atoms with Crippen molar-refractivity contribution in [1.29, 1.82) is 0 Å². The molecule has 2 N–H and O–H groups in total. The highest BCUT2D eigenvalue weighted by Gasteiger charge is 2.30. The van der Waals surface area contributed by atoms with Gasteiger partial charge >= 0.3 is 0 Å². The maximum Gasteiger partial charge on any atom is 0.225 e. The van der Waals surface area contributed by atoms with Crippen molar-refractivity contribution in [2.45, 2.75) is 54.7 Å². The van der Waals surface area contributed by atoms with Crippen LogP contribution in [0.2, 0.25) is 0 Å². The summed E-state index contributed by atoms with van der Waals surface area (Å²) in [4.78, 5) is 17.4. The van der Waals surface area contributed by atoms with E-state index >= 15 is 0 Å². The topological polar surface area (TPSA) is 64.5 Å². The number of nitrogens with zero attached hydrogens (tertiary/aromatic N) is 4. The zero-order chi connectivity index (χ0) is 25.7. The van der Waals surface area contributed by atoms with Gasteiger partial charge in [0.05, 0.1) is 12.1 Å². The average Bonchev–Trinajstić information content (AvgIpc) is 3.65. The number of aromatic nitrogens is 2. The second kappa shape index (κ2) is 11.7. The van der Waals surface area contributed by atoms with Crippen LogP contribution in [0.15, 0.2) is 82.6 Å². The van der Waals surface area contributed by atoms with Crippen molar-refractivity contribution in [1.82, 2.24) is 14.9 Å². The lowest BCUT2D eigenvalue weighted by Crippen LogP contribution is -2.40. The van der Waals surface area contributed by atoms with E-state index in [-0.39, 0.29) is 6.61 Å². The van der Waals surface area contributed by atoms with Gasteiger partial charge in [-0.1, -0.05) is 60.3 Å². The van der Waals surface area contributed by atoms with Crippen LogP contribution in [0, 0.1) is 0 Å². The lowest BCUT2D eigenvalue weighted by atomic mass is 10.2. The van der Waals surface area contributed by atoms with Gasteiger partial charge in [0.2, 0.25) is 5.95 Å². The molecule has 7 heteroatoms. The van der Waals surface area contributed by atoms with E-state index in [0.717, 1.165) is 45.2 Å². The van der Waals surface area contributed by atoms with Gasteiger partial charge in [-0.3, -0.25) is 0 Å². The molecule has 2 fully saturated rings. The standard InChI is InChI=1S/C31H35N5OS/c37-22-24-11-2-6-16-29(24)38-28-15-5-1-10-23(28)20-32-31-33-27-14-4-3-13-26(27)30(34-31)36-19-9-12-25(36)21-35-17-7-8-18-35/h1-6,10-11,13-16,25,37H,7-9,12,17-22H2,(H,32,33,34)/t25-/m0/s1. The quantitative estimate of drug-likeness (QED) is 0.280. The molecule has 0 amide bonds. The highest BCUT2D eigenvalue weighted by molar-refractivity contribution is 7.99. The molecule has 0 aliphatic carbocycles. The number of hydrogen-bond acceptors (Lipinski definition) is 7. The maximum atomic E-state index is 9.77. The number of benzene rings is 3. The molecule has 0 unspecified atom stereocenters. The number of para-hydroxylation sites is 1. The Bertz CT molecular complexity index is 1390. The largest absolute Gasteiger partial charge is 0.392 e. The van der Waals surface area contributed by atoms with E-state index in [2.05, 4.69) is 69.7 Å². The third-order valence-electron chi connectivity index (χ3n) is 7.67. The van der Waals surface area contributed by atoms with E-state index in [9.17, 15) is 5.11 Å². The van der Waals surface area contributed by atoms with E-state index in [0.29, 0.717) is 18.5 Å². The van der Waals surface area contributed by atoms with Crippen molar-refractivity contribution in [2.75, 3.05) is 36.4 Å². The van der Waals surface area contributed by atoms with Gasteiger partial charge in [-0.25, -0.2) is 4.98 Å². The normalized spacial score (nSPS) is 17.9. The molecule has 0 spiro atoms. The molecule has 2 saturated heterocycles. The predicted octanol–water partition coefficient (Wildman–Crippen LogP) is 5.95. The first kappa shape index (κ1) is 25.2. The summed E-state index contributed by atoms with van der Waals surface area (Å²) in [5.41, 5.74) is 3.10. The summed E-state index contributed by atoms with van der Waals surface area (Å²) in [6.45, 7) is 5.28. The van der Waals surface area contributed by atoms with Crippen LogP contribution in [0.3, 0.4) is 0 Å². The Morgan fingerprint density at radius 3 is 2.34 bits per heavy atom. The summed E-state index contributed by atoms with van der Waals surface area (Å²) < 4.78 is 0. The van der Waals surface area contributed by atoms with Crippen molar-refractivity contribution >= 4 is 34.4 Å². The van der Waals surface area contributed by atoms with E-state index in [1.54, 1.807) is 11.8 Å². The molecular weight excluding hydrogens is 490 g/mol. The minimum Gasteiger partial charge on any atom is -0.392 e. The number of fused-ring (bicyclic) bond motifs is 1. The molecule has 1 aromatic heterocycles. The molecule has 1 atom stereocenters. The van der Waals surface area contributed by atoms with Crippen LogP contribution >= 0.6 is 11.8 Å². The molecule has 38 heavy (non-hydrogen) atoms. The van der Waals surface area contributed by atoms with Crippen LogP contribution in [-0.4, -0.2) is 52.2 Å². The molecular formula is C31H35N5OS. The molecule has 6 rings (SSSR count). The Kier molecular flexibility index (Phi) is 7.76. The molecule has 4 aromatic rings. The van der Waals surface area contributed by atoms with Crippen molar-refractivity contribution in [3.8, 4) is 0 Å². The Labute approximate surface area is 229 Å². The summed E-state index contributed by atoms with van der Waals surface area (Å²) in [5, 5.41) is 14.4. The number of rotatable bonds is 9. The number of aliphatic hydroxyl groups is 1. The second-order valence-electron chi connectivity index (χ2n) is 10.2. The zero-order valence-electron chi connectivity index (χ0n) is 21.7. The van der Waals surface area contributed by atoms with Gasteiger partial charge in [-0.2, -0.15) is 4.98 Å². The Balaban J connectivity index is 1.25. The first-order valence-corrected chi connectivity index (χ1v) is 14.5. The van der Waals surface area contributed by atoms with E-state index in [1.807, 2.05) is 18.2 Å². The summed E-state index contributed by atoms with van der Waals surface area (Å²) in [6, 6.07) is 25.3. The fraction of sp³-hybridized carbons (Fsp3) is 0.355. The number of likely N-dealkylation sites (tertiary alicyclic amines) is 1. The van der Waals surface area contributed by atoms with Crippen LogP contribution in [-0.2, 0) is 13.2 Å². The van der Waals surface area contributed by atoms with E-state index in [4.69, 9.17) is 9.97 Å². The number of hydrogen-bond donors (Lipinski definition) is 2. The highest BCUT2D eigenvalue weighted by atomic mass is 32.2. The number of nitrogens with one attached hydrogen (secondary N) is 1. The lowest BCUT2D eigenvalue weighted by Gasteiger charge is -2.30. The lowest BCUT2D eigenvalue weighted by molar-refractivity contribution is 0.279. The monoisotopic (exact) mass is 525 g/mol. The first-order valence-electron chi connectivity index (χ1n) is 13.7. The summed E-state index contributed by atoms with van der Waals surface area (Å²) in [5.74, 6) is 1.72. The molecule has 3 heterocycles. The van der Waals surface area contributed by atoms with Gasteiger partial charge < -0.3 is 20.2 Å². The minimum absolute atomic E-state index is 0.0343. The van der Waals surface area contributed by atoms with E-state index < -0.39 is 0 Å². The van der Waals surface area contributed by atoms with Crippen molar-refractivity contribution in [2.24, 2.45) is 0 Å². The third-order valence-corrected chi connectivity index (χ3v) is 8.91. The molecule has 0 bridgehead atoms. The Morgan fingerprint density at radius 2 is 1.53 bits per heavy atom. The molecule has 2 aliphatic heterocycles. The number of anilines is 2. The average molecular weight is 526 g/mol. The third kappa shape index (κ3) is 5.51. The molecule has 3 aromatic carbocycles. The van der Waals surface area contributed by atoms with Crippen molar-refractivity contribution in [3.05, 3.63) is 83.9 Å². The summed E-state index contributed by atoms with van der Waals surface area (Å²) >= 11 is 1.69. The smallest absolute Gasteiger partial charge is 0.225 e. The minimum atomic E-state index is 0.0343. The van der Waals surface area contributed by atoms with Crippen LogP contribution in [0.5, 0.6) is 0 Å². The maximum absolute atomic E-state index is 9.77. The summed E-state index contributed by atoms with van der Waals surface area (Å²) in [6.07, 6.45) is 5.07. The second-order valence-corrected chi connectivity index (χ2v) is 11.3. The predicted molar refractivity (Wildman–Crippen MR) is 156 cm³/mol. The Morgan fingerprint density at radius 1 is 0.816 bits per heavy atom. The van der Waals surface area contributed by atoms with E-state index in [1.165, 1.54) is 44.3 Å². The molecule has 196 valence electrons. The number of aliphatic hydroxyl groups excluding tert-OH is 1. The zero-order valence-corrected chi connectivity index (χ0v) is 22.5. The molecule has 0 saturated carbocycles. The van der Waals surface area contributed by atoms with Crippen LogP contribution in [0.25, 0.3) is 10.9 Å². The molecule has 0 radical (unpaired) electrons. The van der Waals surface area contributed by atoms with Gasteiger partial charge in [0, 0.05) is 40.9 Å². The summed E-state index contributed by atoms with van der Waals surface area (Å²) in [7, 11) is 0. The SMILES string of the molecule is OCc1ccccc1Sc1ccccc1CNc1nc(N2CCC[C@H]2CN2CCCC2)c2ccccc2n1. The van der Waals surface area contributed by atoms with Crippen LogP contribution in [0.1, 0.15) is 36.8 Å². The fourth-order valence-electron chi connectivity index (χ4n) is 5.70. The van der Waals surface area contributed by atoms with Gasteiger partial charge in [0.25, 0.3) is 0 Å². The van der Waals surface area contributed by atoms with Crippen molar-refractivity contribution in [3.63, 3.8) is 0 Å². The fourth-order valence-corrected chi connectivity index (χ4v) is 6.77.